The van der Waals surface area contributed by atoms with E-state index in [-0.39, 0.29) is 25.0 Å². The number of carbonyl (C=O) groups is 2. The molecule has 0 spiro atoms. The molecule has 2 fully saturated rings. The Labute approximate surface area is 214 Å². The van der Waals surface area contributed by atoms with E-state index in [2.05, 4.69) is 0 Å². The lowest BCUT2D eigenvalue weighted by atomic mass is 9.78. The second-order valence-electron chi connectivity index (χ2n) is 10.3. The minimum absolute atomic E-state index is 0.0116. The third-order valence-electron chi connectivity index (χ3n) is 7.83. The fourth-order valence-electron chi connectivity index (χ4n) is 5.58. The molecule has 1 saturated carbocycles. The molecular formula is C28H31F3N2O4. The number of aliphatic carboxylic acids is 1. The first-order valence-electron chi connectivity index (χ1n) is 12.9. The highest BCUT2D eigenvalue weighted by molar-refractivity contribution is 5.97. The van der Waals surface area contributed by atoms with Crippen molar-refractivity contribution in [3.63, 3.8) is 0 Å². The average Bonchev–Trinajstić information content (AvgIpc) is 3.25. The first kappa shape index (κ1) is 25.6. The molecule has 9 heteroatoms. The van der Waals surface area contributed by atoms with E-state index in [4.69, 9.17) is 4.74 Å². The van der Waals surface area contributed by atoms with Gasteiger partial charge in [0.25, 0.3) is 0 Å². The highest BCUT2D eigenvalue weighted by atomic mass is 19.4. The number of nitrogens with zero attached hydrogens (tertiary/aromatic N) is 2. The number of likely N-dealkylation sites (tertiary alicyclic amines) is 1. The molecule has 198 valence electrons. The number of rotatable bonds is 7. The summed E-state index contributed by atoms with van der Waals surface area (Å²) < 4.78 is 46.8. The summed E-state index contributed by atoms with van der Waals surface area (Å²) in [5.74, 6) is -0.786. The van der Waals surface area contributed by atoms with Crippen LogP contribution in [0.2, 0.25) is 0 Å². The maximum absolute atomic E-state index is 13.7. The highest BCUT2D eigenvalue weighted by Gasteiger charge is 2.37. The zero-order chi connectivity index (χ0) is 26.2. The Morgan fingerprint density at radius 2 is 1.84 bits per heavy atom. The summed E-state index contributed by atoms with van der Waals surface area (Å²) in [4.78, 5) is 27.9. The van der Waals surface area contributed by atoms with Crippen molar-refractivity contribution in [2.24, 2.45) is 5.92 Å². The summed E-state index contributed by atoms with van der Waals surface area (Å²) in [6.45, 7) is 1.83. The Balaban J connectivity index is 1.22. The van der Waals surface area contributed by atoms with Gasteiger partial charge in [-0.25, -0.2) is 0 Å². The van der Waals surface area contributed by atoms with Crippen LogP contribution in [0.25, 0.3) is 0 Å². The maximum Gasteiger partial charge on any atom is 0.416 e. The molecular weight excluding hydrogens is 485 g/mol. The smallest absolute Gasteiger partial charge is 0.416 e. The summed E-state index contributed by atoms with van der Waals surface area (Å²) in [5.41, 5.74) is 2.03. The van der Waals surface area contributed by atoms with Crippen LogP contribution < -0.4 is 9.64 Å². The van der Waals surface area contributed by atoms with Crippen molar-refractivity contribution in [3.05, 3.63) is 58.7 Å². The minimum atomic E-state index is -4.40. The van der Waals surface area contributed by atoms with Crippen molar-refractivity contribution in [1.82, 2.24) is 4.90 Å². The van der Waals surface area contributed by atoms with E-state index >= 15 is 0 Å². The minimum Gasteiger partial charge on any atom is -0.489 e. The second-order valence-corrected chi connectivity index (χ2v) is 10.3. The van der Waals surface area contributed by atoms with Gasteiger partial charge in [-0.05, 0) is 85.5 Å². The number of alkyl halides is 3. The van der Waals surface area contributed by atoms with Gasteiger partial charge in [0.1, 0.15) is 12.4 Å². The number of fused-ring (bicyclic) bond motifs is 1. The SMILES string of the molecule is O=C(O)[C@@H]1CCCN(CC(=O)N2CCc3cc(OCc4ccc(C5CCC5)c(C(F)(F)F)c4)ccc32)C1. The molecule has 3 aliphatic rings. The van der Waals surface area contributed by atoms with Gasteiger partial charge in [0.05, 0.1) is 18.0 Å². The average molecular weight is 517 g/mol. The van der Waals surface area contributed by atoms with Gasteiger partial charge in [0, 0.05) is 18.8 Å². The molecule has 0 radical (unpaired) electrons. The maximum atomic E-state index is 13.7. The van der Waals surface area contributed by atoms with Gasteiger partial charge in [0.2, 0.25) is 5.91 Å². The number of anilines is 1. The molecule has 2 aromatic carbocycles. The number of carboxylic acid groups (broad SMARTS) is 1. The number of benzene rings is 2. The number of carbonyl (C=O) groups excluding carboxylic acids is 1. The van der Waals surface area contributed by atoms with Crippen molar-refractivity contribution >= 4 is 17.6 Å². The Hall–Kier alpha value is -3.07. The molecule has 1 aliphatic carbocycles. The van der Waals surface area contributed by atoms with Gasteiger partial charge >= 0.3 is 12.1 Å². The molecule has 2 aromatic rings. The van der Waals surface area contributed by atoms with Crippen molar-refractivity contribution in [3.8, 4) is 5.75 Å². The molecule has 1 saturated heterocycles. The first-order chi connectivity index (χ1) is 17.7. The molecule has 0 aromatic heterocycles. The van der Waals surface area contributed by atoms with Crippen LogP contribution in [0.5, 0.6) is 5.75 Å². The van der Waals surface area contributed by atoms with Crippen LogP contribution in [0.4, 0.5) is 18.9 Å². The Morgan fingerprint density at radius 1 is 1.03 bits per heavy atom. The molecule has 1 atom stereocenters. The molecule has 1 amide bonds. The molecule has 0 unspecified atom stereocenters. The number of halogens is 3. The van der Waals surface area contributed by atoms with Crippen molar-refractivity contribution < 1.29 is 32.6 Å². The Kier molecular flexibility index (Phi) is 7.16. The third kappa shape index (κ3) is 5.61. The van der Waals surface area contributed by atoms with Crippen LogP contribution in [0.3, 0.4) is 0 Å². The van der Waals surface area contributed by atoms with Crippen LogP contribution in [0.15, 0.2) is 36.4 Å². The van der Waals surface area contributed by atoms with Crippen molar-refractivity contribution in [2.45, 2.75) is 57.2 Å². The topological polar surface area (TPSA) is 70.1 Å². The number of hydrogen-bond acceptors (Lipinski definition) is 4. The van der Waals surface area contributed by atoms with E-state index in [9.17, 15) is 27.9 Å². The van der Waals surface area contributed by atoms with E-state index in [0.29, 0.717) is 49.4 Å². The predicted octanol–water partition coefficient (Wildman–Crippen LogP) is 5.24. The molecule has 5 rings (SSSR count). The largest absolute Gasteiger partial charge is 0.489 e. The van der Waals surface area contributed by atoms with Gasteiger partial charge in [-0.15, -0.1) is 0 Å². The lowest BCUT2D eigenvalue weighted by Crippen LogP contribution is -2.45. The van der Waals surface area contributed by atoms with Crippen LogP contribution in [-0.2, 0) is 28.8 Å². The van der Waals surface area contributed by atoms with Gasteiger partial charge in [-0.1, -0.05) is 18.6 Å². The zero-order valence-electron chi connectivity index (χ0n) is 20.6. The summed E-state index contributed by atoms with van der Waals surface area (Å²) in [5, 5.41) is 9.29. The summed E-state index contributed by atoms with van der Waals surface area (Å²) in [6.07, 6.45) is 0.227. The monoisotopic (exact) mass is 516 g/mol. The second kappa shape index (κ2) is 10.4. The summed E-state index contributed by atoms with van der Waals surface area (Å²) in [6, 6.07) is 9.91. The number of ether oxygens (including phenoxy) is 1. The molecule has 2 aliphatic heterocycles. The van der Waals surface area contributed by atoms with Crippen LogP contribution >= 0.6 is 0 Å². The Morgan fingerprint density at radius 3 is 2.54 bits per heavy atom. The summed E-state index contributed by atoms with van der Waals surface area (Å²) in [7, 11) is 0. The summed E-state index contributed by atoms with van der Waals surface area (Å²) >= 11 is 0. The van der Waals surface area contributed by atoms with Crippen molar-refractivity contribution in [2.75, 3.05) is 31.1 Å². The number of carboxylic acids is 1. The van der Waals surface area contributed by atoms with E-state index < -0.39 is 23.6 Å². The van der Waals surface area contributed by atoms with Gasteiger partial charge in [-0.3, -0.25) is 14.5 Å². The van der Waals surface area contributed by atoms with Crippen LogP contribution in [0.1, 0.15) is 60.3 Å². The third-order valence-corrected chi connectivity index (χ3v) is 7.83. The fourth-order valence-corrected chi connectivity index (χ4v) is 5.58. The van der Waals surface area contributed by atoms with Crippen LogP contribution in [0, 0.1) is 5.92 Å². The molecule has 0 bridgehead atoms. The number of hydrogen-bond donors (Lipinski definition) is 1. The van der Waals surface area contributed by atoms with Crippen molar-refractivity contribution in [1.29, 1.82) is 0 Å². The van der Waals surface area contributed by atoms with E-state index in [1.54, 1.807) is 23.1 Å². The molecule has 6 nitrogen and oxygen atoms in total. The van der Waals surface area contributed by atoms with Gasteiger partial charge in [0.15, 0.2) is 0 Å². The lowest BCUT2D eigenvalue weighted by Gasteiger charge is -2.31. The van der Waals surface area contributed by atoms with E-state index in [0.717, 1.165) is 36.9 Å². The molecule has 37 heavy (non-hydrogen) atoms. The fraction of sp³-hybridized carbons (Fsp3) is 0.500. The molecule has 2 heterocycles. The highest BCUT2D eigenvalue weighted by Crippen LogP contribution is 2.43. The lowest BCUT2D eigenvalue weighted by molar-refractivity contribution is -0.144. The number of piperidine rings is 1. The zero-order valence-corrected chi connectivity index (χ0v) is 20.6. The molecule has 1 N–H and O–H groups in total. The quantitative estimate of drug-likeness (QED) is 0.545. The normalized spacial score (nSPS) is 20.4. The Bertz CT molecular complexity index is 1180. The first-order valence-corrected chi connectivity index (χ1v) is 12.9. The van der Waals surface area contributed by atoms with E-state index in [1.165, 1.54) is 6.07 Å². The predicted molar refractivity (Wildman–Crippen MR) is 132 cm³/mol. The number of amides is 1. The van der Waals surface area contributed by atoms with Gasteiger partial charge < -0.3 is 14.7 Å². The standard InChI is InChI=1S/C28H31F3N2O4/c29-28(30,31)24-13-18(6-8-23(24)19-3-1-4-19)17-37-22-7-9-25-20(14-22)10-12-33(25)26(34)16-32-11-2-5-21(15-32)27(35)36/h6-9,13-14,19,21H,1-5,10-12,15-17H2,(H,35,36)/t21-/m1/s1. The van der Waals surface area contributed by atoms with Crippen LogP contribution in [-0.4, -0.2) is 48.1 Å². The van der Waals surface area contributed by atoms with Gasteiger partial charge in [-0.2, -0.15) is 13.2 Å². The van der Waals surface area contributed by atoms with E-state index in [1.807, 2.05) is 17.0 Å².